The smallest absolute Gasteiger partial charge is 0.255 e. The maximum absolute atomic E-state index is 12.5. The van der Waals surface area contributed by atoms with Crippen molar-refractivity contribution < 1.29 is 4.79 Å². The van der Waals surface area contributed by atoms with E-state index in [2.05, 4.69) is 15.3 Å². The monoisotopic (exact) mass is 306 g/mol. The maximum Gasteiger partial charge on any atom is 0.255 e. The number of carbonyl (C=O) groups excluding carboxylic acids is 1. The Morgan fingerprint density at radius 1 is 1.29 bits per heavy atom. The van der Waals surface area contributed by atoms with Crippen molar-refractivity contribution in [2.45, 2.75) is 18.9 Å². The second-order valence-electron chi connectivity index (χ2n) is 5.81. The lowest BCUT2D eigenvalue weighted by Crippen LogP contribution is -2.57. The van der Waals surface area contributed by atoms with Crippen LogP contribution in [0.2, 0.25) is 0 Å². The van der Waals surface area contributed by atoms with Crippen molar-refractivity contribution in [3.8, 4) is 0 Å². The zero-order valence-corrected chi connectivity index (χ0v) is 12.6. The van der Waals surface area contributed by atoms with Gasteiger partial charge >= 0.3 is 0 Å². The normalized spacial score (nSPS) is 27.3. The molecule has 2 bridgehead atoms. The van der Waals surface area contributed by atoms with Gasteiger partial charge in [-0.25, -0.2) is 4.52 Å². The van der Waals surface area contributed by atoms with E-state index in [9.17, 15) is 4.79 Å². The van der Waals surface area contributed by atoms with Gasteiger partial charge in [-0.1, -0.05) is 6.07 Å². The van der Waals surface area contributed by atoms with Crippen molar-refractivity contribution in [3.63, 3.8) is 0 Å². The number of pyridine rings is 1. The van der Waals surface area contributed by atoms with Crippen molar-refractivity contribution >= 4 is 23.8 Å². The molecule has 1 amide bonds. The van der Waals surface area contributed by atoms with Crippen LogP contribution in [0.15, 0.2) is 30.6 Å². The zero-order chi connectivity index (χ0) is 13.5. The predicted octanol–water partition coefficient (Wildman–Crippen LogP) is 1.58. The molecule has 5 nitrogen and oxygen atoms in total. The van der Waals surface area contributed by atoms with E-state index >= 15 is 0 Å². The van der Waals surface area contributed by atoms with E-state index in [1.54, 1.807) is 10.7 Å². The van der Waals surface area contributed by atoms with Gasteiger partial charge in [0.25, 0.3) is 5.91 Å². The number of halogens is 1. The zero-order valence-electron chi connectivity index (χ0n) is 11.7. The minimum atomic E-state index is 0. The molecule has 0 aromatic carbocycles. The Hall–Kier alpha value is -1.59. The predicted molar refractivity (Wildman–Crippen MR) is 82.9 cm³/mol. The van der Waals surface area contributed by atoms with Gasteiger partial charge in [-0.2, -0.15) is 5.10 Å². The molecule has 5 heterocycles. The Labute approximate surface area is 129 Å². The molecule has 5 rings (SSSR count). The summed E-state index contributed by atoms with van der Waals surface area (Å²) < 4.78 is 1.74. The van der Waals surface area contributed by atoms with Gasteiger partial charge < -0.3 is 10.2 Å². The van der Waals surface area contributed by atoms with Crippen LogP contribution in [-0.4, -0.2) is 46.1 Å². The topological polar surface area (TPSA) is 49.6 Å². The van der Waals surface area contributed by atoms with E-state index in [-0.39, 0.29) is 18.3 Å². The third kappa shape index (κ3) is 2.51. The van der Waals surface area contributed by atoms with Crippen molar-refractivity contribution in [2.24, 2.45) is 5.92 Å². The van der Waals surface area contributed by atoms with E-state index < -0.39 is 0 Å². The quantitative estimate of drug-likeness (QED) is 0.916. The molecule has 0 aliphatic carbocycles. The van der Waals surface area contributed by atoms with Crippen LogP contribution in [0.4, 0.5) is 0 Å². The van der Waals surface area contributed by atoms with Gasteiger partial charge in [0.15, 0.2) is 0 Å². The highest BCUT2D eigenvalue weighted by atomic mass is 35.5. The highest BCUT2D eigenvalue weighted by Gasteiger charge is 2.35. The average molecular weight is 307 g/mol. The number of hydrogen-bond donors (Lipinski definition) is 1. The molecule has 3 saturated heterocycles. The van der Waals surface area contributed by atoms with Crippen LogP contribution >= 0.6 is 12.4 Å². The van der Waals surface area contributed by atoms with Gasteiger partial charge in [0.2, 0.25) is 0 Å². The second kappa shape index (κ2) is 5.66. The molecule has 1 unspecified atom stereocenters. The number of hydrogen-bond acceptors (Lipinski definition) is 3. The molecule has 2 aromatic rings. The van der Waals surface area contributed by atoms with E-state index in [0.717, 1.165) is 12.1 Å². The van der Waals surface area contributed by atoms with E-state index in [1.165, 1.54) is 25.9 Å². The summed E-state index contributed by atoms with van der Waals surface area (Å²) in [5, 5.41) is 7.44. The highest BCUT2D eigenvalue weighted by Crippen LogP contribution is 2.27. The lowest BCUT2D eigenvalue weighted by molar-refractivity contribution is 0.0621. The number of nitrogens with zero attached hydrogens (tertiary/aromatic N) is 3. The van der Waals surface area contributed by atoms with Crippen molar-refractivity contribution in [3.05, 3.63) is 36.2 Å². The summed E-state index contributed by atoms with van der Waals surface area (Å²) >= 11 is 0. The van der Waals surface area contributed by atoms with Crippen LogP contribution in [-0.2, 0) is 0 Å². The van der Waals surface area contributed by atoms with Crippen LogP contribution in [0.5, 0.6) is 0 Å². The number of fused-ring (bicyclic) bond motifs is 4. The van der Waals surface area contributed by atoms with Gasteiger partial charge in [0, 0.05) is 18.8 Å². The third-order valence-electron chi connectivity index (χ3n) is 4.64. The number of nitrogens with one attached hydrogen (secondary N) is 1. The lowest BCUT2D eigenvalue weighted by atomic mass is 9.84. The van der Waals surface area contributed by atoms with Gasteiger partial charge in [-0.05, 0) is 44.0 Å². The Bertz CT molecular complexity index is 648. The molecule has 1 N–H and O–H groups in total. The van der Waals surface area contributed by atoms with Crippen molar-refractivity contribution in [2.75, 3.05) is 19.6 Å². The number of amides is 1. The first-order valence-corrected chi connectivity index (χ1v) is 7.27. The van der Waals surface area contributed by atoms with E-state index in [4.69, 9.17) is 0 Å². The molecule has 2 aromatic heterocycles. The lowest BCUT2D eigenvalue weighted by Gasteiger charge is -2.44. The summed E-state index contributed by atoms with van der Waals surface area (Å²) in [6, 6.07) is 6.07. The SMILES string of the molecule is Cl.O=C(NC1CN2CCC1CC2)c1cnn2ccccc12. The van der Waals surface area contributed by atoms with Crippen LogP contribution in [0.25, 0.3) is 5.52 Å². The van der Waals surface area contributed by atoms with Gasteiger partial charge in [0.1, 0.15) is 0 Å². The molecule has 112 valence electrons. The minimum absolute atomic E-state index is 0. The third-order valence-corrected chi connectivity index (χ3v) is 4.64. The molecular formula is C15H19ClN4O. The molecular weight excluding hydrogens is 288 g/mol. The highest BCUT2D eigenvalue weighted by molar-refractivity contribution is 6.00. The average Bonchev–Trinajstić information content (AvgIpc) is 2.92. The molecule has 3 fully saturated rings. The number of piperidine rings is 3. The summed E-state index contributed by atoms with van der Waals surface area (Å²) in [5.41, 5.74) is 1.54. The standard InChI is InChI=1S/C15H18N4O.ClH/c20-15(12-9-16-19-6-2-1-3-14(12)19)17-13-10-18-7-4-11(13)5-8-18;/h1-3,6,9,11,13H,4-5,7-8,10H2,(H,17,20);1H. The Morgan fingerprint density at radius 3 is 2.81 bits per heavy atom. The minimum Gasteiger partial charge on any atom is -0.348 e. The summed E-state index contributed by atoms with van der Waals surface area (Å²) in [6.07, 6.45) is 5.94. The number of rotatable bonds is 2. The fraction of sp³-hybridized carbons (Fsp3) is 0.467. The molecule has 6 heteroatoms. The maximum atomic E-state index is 12.5. The molecule has 0 saturated carbocycles. The van der Waals surface area contributed by atoms with Gasteiger partial charge in [-0.15, -0.1) is 12.4 Å². The van der Waals surface area contributed by atoms with Crippen molar-refractivity contribution in [1.82, 2.24) is 19.8 Å². The van der Waals surface area contributed by atoms with E-state index in [0.29, 0.717) is 17.5 Å². The molecule has 0 spiro atoms. The number of carbonyl (C=O) groups is 1. The fourth-order valence-electron chi connectivity index (χ4n) is 3.48. The van der Waals surface area contributed by atoms with Crippen LogP contribution < -0.4 is 5.32 Å². The van der Waals surface area contributed by atoms with Gasteiger partial charge in [0.05, 0.1) is 17.3 Å². The Morgan fingerprint density at radius 2 is 2.10 bits per heavy atom. The summed E-state index contributed by atoms with van der Waals surface area (Å²) in [4.78, 5) is 14.9. The summed E-state index contributed by atoms with van der Waals surface area (Å²) in [5.74, 6) is 0.649. The Kier molecular flexibility index (Phi) is 3.87. The molecule has 21 heavy (non-hydrogen) atoms. The van der Waals surface area contributed by atoms with E-state index in [1.807, 2.05) is 24.4 Å². The molecule has 0 radical (unpaired) electrons. The Balaban J connectivity index is 0.00000132. The second-order valence-corrected chi connectivity index (χ2v) is 5.81. The van der Waals surface area contributed by atoms with Crippen LogP contribution in [0.1, 0.15) is 23.2 Å². The molecule has 3 aliphatic rings. The van der Waals surface area contributed by atoms with Crippen LogP contribution in [0.3, 0.4) is 0 Å². The number of aromatic nitrogens is 2. The first-order valence-electron chi connectivity index (χ1n) is 7.27. The van der Waals surface area contributed by atoms with Crippen LogP contribution in [0, 0.1) is 5.92 Å². The van der Waals surface area contributed by atoms with Gasteiger partial charge in [-0.3, -0.25) is 4.79 Å². The first-order chi connectivity index (χ1) is 9.81. The first kappa shape index (κ1) is 14.4. The molecule has 1 atom stereocenters. The summed E-state index contributed by atoms with van der Waals surface area (Å²) in [7, 11) is 0. The largest absolute Gasteiger partial charge is 0.348 e. The fourth-order valence-corrected chi connectivity index (χ4v) is 3.48. The van der Waals surface area contributed by atoms with Crippen molar-refractivity contribution in [1.29, 1.82) is 0 Å². The summed E-state index contributed by atoms with van der Waals surface area (Å²) in [6.45, 7) is 3.37. The molecule has 3 aliphatic heterocycles.